The van der Waals surface area contributed by atoms with Crippen molar-refractivity contribution in [1.82, 2.24) is 5.32 Å². The van der Waals surface area contributed by atoms with Crippen molar-refractivity contribution in [2.75, 3.05) is 0 Å². The van der Waals surface area contributed by atoms with Gasteiger partial charge in [0.05, 0.1) is 25.3 Å². The van der Waals surface area contributed by atoms with Gasteiger partial charge in [0.25, 0.3) is 0 Å². The molecule has 0 spiro atoms. The summed E-state index contributed by atoms with van der Waals surface area (Å²) in [5.74, 6) is -1.37. The number of carboxylic acids is 1. The van der Waals surface area contributed by atoms with Crippen molar-refractivity contribution in [3.8, 4) is 0 Å². The van der Waals surface area contributed by atoms with E-state index < -0.39 is 11.2 Å². The summed E-state index contributed by atoms with van der Waals surface area (Å²) in [7, 11) is 0. The number of carbonyl (C=O) groups is 2. The number of hydrogen-bond acceptors (Lipinski definition) is 6. The van der Waals surface area contributed by atoms with Gasteiger partial charge in [-0.3, -0.25) is 9.59 Å². The van der Waals surface area contributed by atoms with Crippen LogP contribution in [-0.2, 0) is 20.9 Å². The second kappa shape index (κ2) is 9.33. The number of aliphatic carboxylic acids is 1. The topological polar surface area (TPSA) is 100 Å². The molecule has 25 heavy (non-hydrogen) atoms. The lowest BCUT2D eigenvalue weighted by Gasteiger charge is -2.10. The van der Waals surface area contributed by atoms with Gasteiger partial charge in [0, 0.05) is 0 Å². The molecule has 2 atom stereocenters. The van der Waals surface area contributed by atoms with Crippen LogP contribution in [-0.4, -0.2) is 39.7 Å². The number of carboxylic acid groups (broad SMARTS) is 1. The first-order valence-corrected chi connectivity index (χ1v) is 8.86. The van der Waals surface area contributed by atoms with E-state index in [1.165, 1.54) is 0 Å². The molecule has 2 rings (SSSR count). The van der Waals surface area contributed by atoms with Crippen LogP contribution >= 0.6 is 11.8 Å². The van der Waals surface area contributed by atoms with Gasteiger partial charge in [-0.25, -0.2) is 0 Å². The Morgan fingerprint density at radius 2 is 2.16 bits per heavy atom. The highest BCUT2D eigenvalue weighted by Crippen LogP contribution is 2.22. The number of nitrogens with one attached hydrogen (secondary N) is 1. The fourth-order valence-corrected chi connectivity index (χ4v) is 2.86. The number of amidine groups is 1. The maximum atomic E-state index is 11.6. The predicted molar refractivity (Wildman–Crippen MR) is 97.8 cm³/mol. The Balaban J connectivity index is 1.87. The second-order valence-electron chi connectivity index (χ2n) is 5.61. The zero-order valence-electron chi connectivity index (χ0n) is 14.1. The predicted octanol–water partition coefficient (Wildman–Crippen LogP) is 2.40. The second-order valence-corrected chi connectivity index (χ2v) is 6.81. The smallest absolute Gasteiger partial charge is 0.305 e. The fraction of sp³-hybridized carbons (Fsp3) is 0.412. The number of nitrogens with zero attached hydrogens (tertiary/aromatic N) is 2. The van der Waals surface area contributed by atoms with Gasteiger partial charge in [-0.15, -0.1) is 5.10 Å². The van der Waals surface area contributed by atoms with E-state index in [-0.39, 0.29) is 18.4 Å². The van der Waals surface area contributed by atoms with Crippen LogP contribution in [0.5, 0.6) is 0 Å². The molecular formula is C17H21N3O4S. The Bertz CT molecular complexity index is 673. The SMILES string of the molecule is CCC(C)OCc1ccc(C=NN=C2NC(=O)C(CC(=O)O)S2)cc1. The molecule has 0 aliphatic carbocycles. The Labute approximate surface area is 150 Å². The van der Waals surface area contributed by atoms with Gasteiger partial charge in [-0.1, -0.05) is 43.0 Å². The van der Waals surface area contributed by atoms with E-state index in [0.29, 0.717) is 11.8 Å². The summed E-state index contributed by atoms with van der Waals surface area (Å²) in [5.41, 5.74) is 1.95. The molecule has 0 saturated carbocycles. The third-order valence-corrected chi connectivity index (χ3v) is 4.65. The first kappa shape index (κ1) is 19.1. The lowest BCUT2D eigenvalue weighted by molar-refractivity contribution is -0.138. The molecule has 1 aliphatic heterocycles. The molecule has 0 bridgehead atoms. The molecule has 1 heterocycles. The first-order chi connectivity index (χ1) is 12.0. The van der Waals surface area contributed by atoms with Gasteiger partial charge in [0.15, 0.2) is 5.17 Å². The summed E-state index contributed by atoms with van der Waals surface area (Å²) in [6, 6.07) is 7.75. The van der Waals surface area contributed by atoms with Gasteiger partial charge in [0.2, 0.25) is 5.91 Å². The highest BCUT2D eigenvalue weighted by atomic mass is 32.2. The van der Waals surface area contributed by atoms with E-state index >= 15 is 0 Å². The van der Waals surface area contributed by atoms with Crippen LogP contribution in [0.1, 0.15) is 37.8 Å². The maximum Gasteiger partial charge on any atom is 0.305 e. The van der Waals surface area contributed by atoms with E-state index in [1.54, 1.807) is 6.21 Å². The van der Waals surface area contributed by atoms with Crippen LogP contribution < -0.4 is 5.32 Å². The fourth-order valence-electron chi connectivity index (χ4n) is 1.95. The van der Waals surface area contributed by atoms with Gasteiger partial charge in [-0.2, -0.15) is 5.10 Å². The largest absolute Gasteiger partial charge is 0.481 e. The minimum Gasteiger partial charge on any atom is -0.481 e. The van der Waals surface area contributed by atoms with Crippen LogP contribution in [0.25, 0.3) is 0 Å². The Morgan fingerprint density at radius 3 is 2.80 bits per heavy atom. The molecule has 2 N–H and O–H groups in total. The quantitative estimate of drug-likeness (QED) is 0.546. The third-order valence-electron chi connectivity index (χ3n) is 3.58. The highest BCUT2D eigenvalue weighted by Gasteiger charge is 2.32. The number of rotatable bonds is 8. The molecule has 134 valence electrons. The van der Waals surface area contributed by atoms with Gasteiger partial charge in [0.1, 0.15) is 5.25 Å². The summed E-state index contributed by atoms with van der Waals surface area (Å²) < 4.78 is 5.67. The number of carbonyl (C=O) groups excluding carboxylic acids is 1. The van der Waals surface area contributed by atoms with E-state index in [2.05, 4.69) is 22.4 Å². The summed E-state index contributed by atoms with van der Waals surface area (Å²) >= 11 is 1.07. The van der Waals surface area contributed by atoms with Crippen molar-refractivity contribution in [2.45, 2.75) is 44.6 Å². The molecule has 7 nitrogen and oxygen atoms in total. The van der Waals surface area contributed by atoms with E-state index in [0.717, 1.165) is 29.3 Å². The third kappa shape index (κ3) is 6.32. The Kier molecular flexibility index (Phi) is 7.15. The minimum atomic E-state index is -1.02. The molecule has 1 saturated heterocycles. The van der Waals surface area contributed by atoms with Crippen LogP contribution in [0.2, 0.25) is 0 Å². The standard InChI is InChI=1S/C17H21N3O4S/c1-3-11(2)24-10-13-6-4-12(5-7-13)9-18-20-17-19-16(23)14(25-17)8-15(21)22/h4-7,9,11,14H,3,8,10H2,1-2H3,(H,21,22)(H,19,20,23). The Hall–Kier alpha value is -2.19. The van der Waals surface area contributed by atoms with E-state index in [9.17, 15) is 9.59 Å². The molecule has 1 aromatic rings. The lowest BCUT2D eigenvalue weighted by Crippen LogP contribution is -2.26. The minimum absolute atomic E-state index is 0.237. The van der Waals surface area contributed by atoms with Crippen molar-refractivity contribution < 1.29 is 19.4 Å². The maximum absolute atomic E-state index is 11.6. The molecular weight excluding hydrogens is 342 g/mol. The molecule has 0 radical (unpaired) electrons. The normalized spacial score (nSPS) is 20.2. The number of benzene rings is 1. The van der Waals surface area contributed by atoms with Crippen LogP contribution in [0.4, 0.5) is 0 Å². The Morgan fingerprint density at radius 1 is 1.44 bits per heavy atom. The van der Waals surface area contributed by atoms with Crippen LogP contribution in [0, 0.1) is 0 Å². The molecule has 1 amide bonds. The van der Waals surface area contributed by atoms with Crippen LogP contribution in [0.15, 0.2) is 34.5 Å². The molecule has 1 fully saturated rings. The summed E-state index contributed by atoms with van der Waals surface area (Å²) in [4.78, 5) is 22.2. The molecule has 0 aromatic heterocycles. The van der Waals surface area contributed by atoms with Gasteiger partial charge in [-0.05, 0) is 24.5 Å². The van der Waals surface area contributed by atoms with Crippen molar-refractivity contribution in [1.29, 1.82) is 0 Å². The number of ether oxygens (including phenoxy) is 1. The molecule has 8 heteroatoms. The zero-order valence-corrected chi connectivity index (χ0v) is 15.0. The van der Waals surface area contributed by atoms with Crippen LogP contribution in [0.3, 0.4) is 0 Å². The molecule has 1 aromatic carbocycles. The number of amides is 1. The van der Waals surface area contributed by atoms with Gasteiger partial charge >= 0.3 is 5.97 Å². The van der Waals surface area contributed by atoms with Crippen molar-refractivity contribution in [3.05, 3.63) is 35.4 Å². The summed E-state index contributed by atoms with van der Waals surface area (Å²) in [6.45, 7) is 4.70. The van der Waals surface area contributed by atoms with Gasteiger partial charge < -0.3 is 15.2 Å². The monoisotopic (exact) mass is 363 g/mol. The molecule has 1 aliphatic rings. The average molecular weight is 363 g/mol. The first-order valence-electron chi connectivity index (χ1n) is 7.98. The number of hydrogen-bond donors (Lipinski definition) is 2. The van der Waals surface area contributed by atoms with Crippen molar-refractivity contribution in [2.24, 2.45) is 10.2 Å². The van der Waals surface area contributed by atoms with E-state index in [1.807, 2.05) is 31.2 Å². The average Bonchev–Trinajstić information content (AvgIpc) is 2.92. The summed E-state index contributed by atoms with van der Waals surface area (Å²) in [5, 5.41) is 18.8. The summed E-state index contributed by atoms with van der Waals surface area (Å²) in [6.07, 6.45) is 2.55. The lowest BCUT2D eigenvalue weighted by atomic mass is 10.1. The molecule has 2 unspecified atom stereocenters. The number of thioether (sulfide) groups is 1. The van der Waals surface area contributed by atoms with Crippen molar-refractivity contribution in [3.63, 3.8) is 0 Å². The highest BCUT2D eigenvalue weighted by molar-refractivity contribution is 8.15. The zero-order chi connectivity index (χ0) is 18.2. The van der Waals surface area contributed by atoms with Crippen molar-refractivity contribution >= 4 is 35.0 Å². The van der Waals surface area contributed by atoms with E-state index in [4.69, 9.17) is 9.84 Å².